The molecule has 0 saturated heterocycles. The predicted molar refractivity (Wildman–Crippen MR) is 27.0 cm³/mol. The second-order valence-electron chi connectivity index (χ2n) is 1.82. The van der Waals surface area contributed by atoms with E-state index >= 15 is 0 Å². The molecule has 1 aliphatic carbocycles. The van der Waals surface area contributed by atoms with Crippen LogP contribution in [0.2, 0.25) is 0 Å². The Morgan fingerprint density at radius 3 is 3.00 bits per heavy atom. The van der Waals surface area contributed by atoms with Crippen molar-refractivity contribution in [1.82, 2.24) is 4.98 Å². The predicted octanol–water partition coefficient (Wildman–Crippen LogP) is 0.986. The van der Waals surface area contributed by atoms with E-state index in [1.54, 1.807) is 0 Å². The highest BCUT2D eigenvalue weighted by Gasteiger charge is 2.13. The molecule has 0 amide bonds. The van der Waals surface area contributed by atoms with E-state index in [0.29, 0.717) is 0 Å². The first-order chi connectivity index (χ1) is 3.47. The fourth-order valence-electron chi connectivity index (χ4n) is 0.722. The highest BCUT2D eigenvalue weighted by molar-refractivity contribution is 5.41. The zero-order valence-electron chi connectivity index (χ0n) is 3.89. The Labute approximate surface area is 42.0 Å². The van der Waals surface area contributed by atoms with Gasteiger partial charge in [-0.3, -0.25) is 4.98 Å². The molecule has 1 aliphatic rings. The fraction of sp³-hybridized carbons (Fsp3) is 0.167. The van der Waals surface area contributed by atoms with Crippen LogP contribution >= 0.6 is 0 Å². The minimum atomic E-state index is 1.18. The van der Waals surface area contributed by atoms with E-state index in [9.17, 15) is 0 Å². The van der Waals surface area contributed by atoms with Crippen LogP contribution in [0, 0.1) is 0 Å². The van der Waals surface area contributed by atoms with Crippen LogP contribution in [0.15, 0.2) is 18.5 Å². The summed E-state index contributed by atoms with van der Waals surface area (Å²) in [5, 5.41) is 0. The van der Waals surface area contributed by atoms with Crippen LogP contribution < -0.4 is 0 Å². The van der Waals surface area contributed by atoms with Crippen molar-refractivity contribution >= 4 is 0 Å². The molecule has 2 rings (SSSR count). The van der Waals surface area contributed by atoms with Gasteiger partial charge in [0.15, 0.2) is 0 Å². The van der Waals surface area contributed by atoms with Crippen molar-refractivity contribution < 1.29 is 0 Å². The van der Waals surface area contributed by atoms with Gasteiger partial charge in [-0.05, 0) is 23.6 Å². The van der Waals surface area contributed by atoms with Crippen LogP contribution in [0.1, 0.15) is 11.1 Å². The standard InChI is InChI=1S/C6H5N/c1-2-7-4-6-3-5(1)6/h1-2,4H,3H2. The van der Waals surface area contributed by atoms with Gasteiger partial charge in [0.05, 0.1) is 0 Å². The van der Waals surface area contributed by atoms with Gasteiger partial charge in [0.1, 0.15) is 0 Å². The number of hydrogen-bond donors (Lipinski definition) is 0. The summed E-state index contributed by atoms with van der Waals surface area (Å²) < 4.78 is 0. The SMILES string of the molecule is c1cc2c(cn1)C2. The summed E-state index contributed by atoms with van der Waals surface area (Å²) in [6, 6.07) is 2.06. The zero-order chi connectivity index (χ0) is 4.69. The second kappa shape index (κ2) is 0.861. The van der Waals surface area contributed by atoms with E-state index in [2.05, 4.69) is 11.1 Å². The summed E-state index contributed by atoms with van der Waals surface area (Å²) in [7, 11) is 0. The van der Waals surface area contributed by atoms with Crippen molar-refractivity contribution in [3.05, 3.63) is 29.6 Å². The summed E-state index contributed by atoms with van der Waals surface area (Å²) in [6.07, 6.45) is 4.95. The molecule has 0 spiro atoms. The third-order valence-electron chi connectivity index (χ3n) is 1.26. The molecule has 1 aromatic rings. The quantitative estimate of drug-likeness (QED) is 0.471. The van der Waals surface area contributed by atoms with Gasteiger partial charge in [-0.15, -0.1) is 0 Å². The minimum absolute atomic E-state index is 1.18. The third kappa shape index (κ3) is 0.346. The molecule has 0 unspecified atom stereocenters. The van der Waals surface area contributed by atoms with Crippen molar-refractivity contribution in [3.8, 4) is 0 Å². The van der Waals surface area contributed by atoms with Crippen LogP contribution in [-0.4, -0.2) is 4.98 Å². The summed E-state index contributed by atoms with van der Waals surface area (Å²) >= 11 is 0. The molecule has 0 aliphatic heterocycles. The van der Waals surface area contributed by atoms with Crippen LogP contribution in [0.5, 0.6) is 0 Å². The first-order valence-electron chi connectivity index (χ1n) is 2.38. The van der Waals surface area contributed by atoms with Crippen LogP contribution in [-0.2, 0) is 6.42 Å². The maximum absolute atomic E-state index is 3.94. The molecular formula is C6H5N. The van der Waals surface area contributed by atoms with Crippen LogP contribution in [0.3, 0.4) is 0 Å². The normalized spacial score (nSPS) is 13.1. The maximum Gasteiger partial charge on any atom is 0.0306 e. The molecule has 34 valence electrons. The van der Waals surface area contributed by atoms with Crippen molar-refractivity contribution in [1.29, 1.82) is 0 Å². The number of fused-ring (bicyclic) bond motifs is 1. The molecule has 1 heterocycles. The molecule has 7 heavy (non-hydrogen) atoms. The van der Waals surface area contributed by atoms with Crippen molar-refractivity contribution in [2.24, 2.45) is 0 Å². The number of nitrogens with zero attached hydrogens (tertiary/aromatic N) is 1. The van der Waals surface area contributed by atoms with Crippen LogP contribution in [0.25, 0.3) is 0 Å². The van der Waals surface area contributed by atoms with Gasteiger partial charge in [-0.2, -0.15) is 0 Å². The summed E-state index contributed by atoms with van der Waals surface area (Å²) in [5.74, 6) is 0. The average Bonchev–Trinajstić information content (AvgIpc) is 2.41. The number of hydrogen-bond acceptors (Lipinski definition) is 1. The molecule has 0 N–H and O–H groups in total. The molecule has 1 heteroatoms. The lowest BCUT2D eigenvalue weighted by atomic mass is 10.5. The zero-order valence-corrected chi connectivity index (χ0v) is 3.89. The van der Waals surface area contributed by atoms with Gasteiger partial charge in [0, 0.05) is 12.4 Å². The molecule has 0 radical (unpaired) electrons. The second-order valence-corrected chi connectivity index (χ2v) is 1.82. The van der Waals surface area contributed by atoms with Crippen molar-refractivity contribution in [3.63, 3.8) is 0 Å². The van der Waals surface area contributed by atoms with Gasteiger partial charge in [-0.25, -0.2) is 0 Å². The van der Waals surface area contributed by atoms with E-state index in [1.807, 2.05) is 12.4 Å². The first-order valence-corrected chi connectivity index (χ1v) is 2.38. The smallest absolute Gasteiger partial charge is 0.0306 e. The molecule has 0 atom stereocenters. The van der Waals surface area contributed by atoms with Crippen molar-refractivity contribution in [2.45, 2.75) is 6.42 Å². The number of aromatic nitrogens is 1. The third-order valence-corrected chi connectivity index (χ3v) is 1.26. The first kappa shape index (κ1) is 3.19. The van der Waals surface area contributed by atoms with E-state index in [1.165, 1.54) is 17.5 Å². The highest BCUT2D eigenvalue weighted by atomic mass is 14.6. The fourth-order valence-corrected chi connectivity index (χ4v) is 0.722. The molecule has 0 aromatic carbocycles. The highest BCUT2D eigenvalue weighted by Crippen LogP contribution is 2.24. The Kier molecular flexibility index (Phi) is 0.392. The van der Waals surface area contributed by atoms with Crippen molar-refractivity contribution in [2.75, 3.05) is 0 Å². The van der Waals surface area contributed by atoms with E-state index < -0.39 is 0 Å². The van der Waals surface area contributed by atoms with Gasteiger partial charge < -0.3 is 0 Å². The minimum Gasteiger partial charge on any atom is -0.264 e. The summed E-state index contributed by atoms with van der Waals surface area (Å²) in [6.45, 7) is 0. The Bertz CT molecular complexity index is 172. The molecule has 0 fully saturated rings. The molecule has 1 aromatic heterocycles. The van der Waals surface area contributed by atoms with Gasteiger partial charge >= 0.3 is 0 Å². The molecular weight excluding hydrogens is 86.1 g/mol. The lowest BCUT2D eigenvalue weighted by molar-refractivity contribution is 1.34. The van der Waals surface area contributed by atoms with E-state index in [0.717, 1.165) is 0 Å². The largest absolute Gasteiger partial charge is 0.264 e. The molecule has 0 saturated carbocycles. The van der Waals surface area contributed by atoms with Gasteiger partial charge in [-0.1, -0.05) is 0 Å². The lowest BCUT2D eigenvalue weighted by Crippen LogP contribution is -1.59. The van der Waals surface area contributed by atoms with Gasteiger partial charge in [0.25, 0.3) is 0 Å². The Hall–Kier alpha value is -0.850. The Balaban J connectivity index is 2.73. The van der Waals surface area contributed by atoms with Gasteiger partial charge in [0.2, 0.25) is 0 Å². The van der Waals surface area contributed by atoms with E-state index in [-0.39, 0.29) is 0 Å². The summed E-state index contributed by atoms with van der Waals surface area (Å²) in [4.78, 5) is 3.94. The van der Waals surface area contributed by atoms with E-state index in [4.69, 9.17) is 0 Å². The molecule has 1 nitrogen and oxygen atoms in total. The Morgan fingerprint density at radius 2 is 2.43 bits per heavy atom. The number of rotatable bonds is 0. The topological polar surface area (TPSA) is 12.9 Å². The van der Waals surface area contributed by atoms with Crippen LogP contribution in [0.4, 0.5) is 0 Å². The average molecular weight is 91.1 g/mol. The molecule has 0 bridgehead atoms. The Morgan fingerprint density at radius 1 is 1.43 bits per heavy atom. The maximum atomic E-state index is 3.94. The summed E-state index contributed by atoms with van der Waals surface area (Å²) in [5.41, 5.74) is 2.89. The lowest BCUT2D eigenvalue weighted by Gasteiger charge is -1.69. The number of pyridine rings is 1. The monoisotopic (exact) mass is 91.0 g/mol.